The number of carbonyl (C=O) groups is 1. The Labute approximate surface area is 160 Å². The first-order valence-electron chi connectivity index (χ1n) is 10.0. The van der Waals surface area contributed by atoms with E-state index in [1.54, 1.807) is 10.9 Å². The molecule has 2 saturated heterocycles. The van der Waals surface area contributed by atoms with E-state index in [9.17, 15) is 4.79 Å². The van der Waals surface area contributed by atoms with Crippen LogP contribution in [0.15, 0.2) is 12.3 Å². The van der Waals surface area contributed by atoms with Gasteiger partial charge < -0.3 is 9.80 Å². The molecule has 0 radical (unpaired) electrons. The fourth-order valence-corrected chi connectivity index (χ4v) is 4.38. The number of pyridine rings is 1. The number of hydrogen-bond donors (Lipinski definition) is 0. The van der Waals surface area contributed by atoms with Crippen LogP contribution < -0.4 is 0 Å². The lowest BCUT2D eigenvalue weighted by Gasteiger charge is -2.39. The number of rotatable bonds is 2. The van der Waals surface area contributed by atoms with Gasteiger partial charge in [-0.3, -0.25) is 14.4 Å². The van der Waals surface area contributed by atoms with Crippen LogP contribution >= 0.6 is 0 Å². The molecule has 0 N–H and O–H groups in total. The van der Waals surface area contributed by atoms with Gasteiger partial charge >= 0.3 is 0 Å². The van der Waals surface area contributed by atoms with E-state index in [4.69, 9.17) is 0 Å². The number of amides is 1. The number of nitrogens with zero attached hydrogens (tertiary/aromatic N) is 6. The lowest BCUT2D eigenvalue weighted by atomic mass is 10.1. The molecule has 7 nitrogen and oxygen atoms in total. The third-order valence-electron chi connectivity index (χ3n) is 6.05. The van der Waals surface area contributed by atoms with Gasteiger partial charge in [0, 0.05) is 58.1 Å². The topological polar surface area (TPSA) is 57.5 Å². The first kappa shape index (κ1) is 18.4. The maximum absolute atomic E-state index is 13.4. The molecule has 2 aliphatic heterocycles. The summed E-state index contributed by atoms with van der Waals surface area (Å²) in [6, 6.07) is 2.39. The van der Waals surface area contributed by atoms with Crippen LogP contribution in [0, 0.1) is 6.92 Å². The second kappa shape index (κ2) is 7.56. The molecule has 0 saturated carbocycles. The quantitative estimate of drug-likeness (QED) is 0.802. The van der Waals surface area contributed by atoms with Crippen molar-refractivity contribution >= 4 is 16.9 Å². The van der Waals surface area contributed by atoms with Gasteiger partial charge in [-0.2, -0.15) is 5.10 Å². The monoisotopic (exact) mass is 370 g/mol. The molecule has 1 atom stereocenters. The van der Waals surface area contributed by atoms with Crippen molar-refractivity contribution in [2.24, 2.45) is 7.05 Å². The summed E-state index contributed by atoms with van der Waals surface area (Å²) in [7, 11) is 4.06. The van der Waals surface area contributed by atoms with Crippen molar-refractivity contribution in [2.45, 2.75) is 32.2 Å². The predicted octanol–water partition coefficient (Wildman–Crippen LogP) is 1.52. The molecular weight excluding hydrogens is 340 g/mol. The van der Waals surface area contributed by atoms with Crippen molar-refractivity contribution < 1.29 is 4.79 Å². The van der Waals surface area contributed by atoms with E-state index >= 15 is 0 Å². The van der Waals surface area contributed by atoms with E-state index in [1.807, 2.05) is 20.0 Å². The van der Waals surface area contributed by atoms with Gasteiger partial charge in [-0.15, -0.1) is 0 Å². The number of piperazine rings is 1. The summed E-state index contributed by atoms with van der Waals surface area (Å²) in [5, 5.41) is 5.16. The summed E-state index contributed by atoms with van der Waals surface area (Å²) in [6.07, 6.45) is 5.23. The molecule has 0 bridgehead atoms. The van der Waals surface area contributed by atoms with Gasteiger partial charge in [0.05, 0.1) is 17.1 Å². The fourth-order valence-electron chi connectivity index (χ4n) is 4.38. The van der Waals surface area contributed by atoms with Crippen molar-refractivity contribution in [2.75, 3.05) is 46.3 Å². The average molecular weight is 371 g/mol. The zero-order valence-electron chi connectivity index (χ0n) is 16.7. The summed E-state index contributed by atoms with van der Waals surface area (Å²) < 4.78 is 1.74. The van der Waals surface area contributed by atoms with E-state index in [1.165, 1.54) is 12.8 Å². The summed E-state index contributed by atoms with van der Waals surface area (Å²) >= 11 is 0. The van der Waals surface area contributed by atoms with Crippen LogP contribution in [0.2, 0.25) is 0 Å². The molecular formula is C20H30N6O. The van der Waals surface area contributed by atoms with Crippen LogP contribution in [0.4, 0.5) is 0 Å². The molecule has 0 spiro atoms. The molecule has 1 amide bonds. The highest BCUT2D eigenvalue weighted by Gasteiger charge is 2.29. The van der Waals surface area contributed by atoms with Gasteiger partial charge in [-0.25, -0.2) is 4.98 Å². The highest BCUT2D eigenvalue weighted by molar-refractivity contribution is 6.05. The predicted molar refractivity (Wildman–Crippen MR) is 106 cm³/mol. The van der Waals surface area contributed by atoms with E-state index in [0.717, 1.165) is 68.0 Å². The van der Waals surface area contributed by atoms with Crippen molar-refractivity contribution in [1.29, 1.82) is 0 Å². The minimum absolute atomic E-state index is 0.125. The van der Waals surface area contributed by atoms with Gasteiger partial charge in [0.15, 0.2) is 5.65 Å². The molecule has 2 aromatic heterocycles. The van der Waals surface area contributed by atoms with Gasteiger partial charge in [0.1, 0.15) is 0 Å². The van der Waals surface area contributed by atoms with Crippen LogP contribution in [0.25, 0.3) is 11.0 Å². The Balaban J connectivity index is 1.57. The Morgan fingerprint density at radius 3 is 2.67 bits per heavy atom. The molecule has 1 unspecified atom stereocenters. The van der Waals surface area contributed by atoms with Crippen LogP contribution in [0.1, 0.15) is 35.3 Å². The molecule has 27 heavy (non-hydrogen) atoms. The number of likely N-dealkylation sites (tertiary alicyclic amines) is 1. The minimum Gasteiger partial charge on any atom is -0.337 e. The Morgan fingerprint density at radius 2 is 1.89 bits per heavy atom. The Kier molecular flexibility index (Phi) is 5.14. The average Bonchev–Trinajstić information content (AvgIpc) is 2.88. The molecule has 4 heterocycles. The number of hydrogen-bond acceptors (Lipinski definition) is 5. The van der Waals surface area contributed by atoms with Gasteiger partial charge in [0.2, 0.25) is 0 Å². The highest BCUT2D eigenvalue weighted by atomic mass is 16.2. The molecule has 7 heteroatoms. The SMILES string of the molecule is Cc1cc(C(=O)N2CCCCC(N3CCN(C)CC3)C2)c2cnn(C)c2n1. The third kappa shape index (κ3) is 3.71. The molecule has 2 aliphatic rings. The zero-order valence-corrected chi connectivity index (χ0v) is 16.7. The van der Waals surface area contributed by atoms with Crippen LogP contribution in [-0.4, -0.2) is 87.7 Å². The molecule has 2 fully saturated rings. The maximum Gasteiger partial charge on any atom is 0.254 e. The van der Waals surface area contributed by atoms with Crippen molar-refractivity contribution in [1.82, 2.24) is 29.5 Å². The van der Waals surface area contributed by atoms with Crippen LogP contribution in [-0.2, 0) is 7.05 Å². The number of aryl methyl sites for hydroxylation is 2. The van der Waals surface area contributed by atoms with Gasteiger partial charge in [0.25, 0.3) is 5.91 Å². The molecule has 4 rings (SSSR count). The number of carbonyl (C=O) groups excluding carboxylic acids is 1. The van der Waals surface area contributed by atoms with E-state index < -0.39 is 0 Å². The summed E-state index contributed by atoms with van der Waals surface area (Å²) in [6.45, 7) is 8.04. The van der Waals surface area contributed by atoms with Crippen LogP contribution in [0.3, 0.4) is 0 Å². The largest absolute Gasteiger partial charge is 0.337 e. The summed E-state index contributed by atoms with van der Waals surface area (Å²) in [5.74, 6) is 0.125. The third-order valence-corrected chi connectivity index (χ3v) is 6.05. The number of likely N-dealkylation sites (N-methyl/N-ethyl adjacent to an activating group) is 1. The molecule has 0 aromatic carbocycles. The van der Waals surface area contributed by atoms with Gasteiger partial charge in [-0.1, -0.05) is 6.42 Å². The second-order valence-electron chi connectivity index (χ2n) is 8.06. The first-order chi connectivity index (χ1) is 13.0. The molecule has 146 valence electrons. The van der Waals surface area contributed by atoms with E-state index in [2.05, 4.69) is 31.8 Å². The van der Waals surface area contributed by atoms with Crippen molar-refractivity contribution in [3.05, 3.63) is 23.5 Å². The number of aromatic nitrogens is 3. The normalized spacial score (nSPS) is 22.9. The number of fused-ring (bicyclic) bond motifs is 1. The molecule has 0 aliphatic carbocycles. The van der Waals surface area contributed by atoms with Crippen molar-refractivity contribution in [3.8, 4) is 0 Å². The van der Waals surface area contributed by atoms with Crippen LogP contribution in [0.5, 0.6) is 0 Å². The Bertz CT molecular complexity index is 823. The zero-order chi connectivity index (χ0) is 19.0. The lowest BCUT2D eigenvalue weighted by molar-refractivity contribution is 0.0632. The fraction of sp³-hybridized carbons (Fsp3) is 0.650. The first-order valence-corrected chi connectivity index (χ1v) is 10.0. The Morgan fingerprint density at radius 1 is 1.11 bits per heavy atom. The van der Waals surface area contributed by atoms with Crippen molar-refractivity contribution in [3.63, 3.8) is 0 Å². The van der Waals surface area contributed by atoms with E-state index in [0.29, 0.717) is 6.04 Å². The van der Waals surface area contributed by atoms with Gasteiger partial charge in [-0.05, 0) is 32.9 Å². The Hall–Kier alpha value is -1.99. The summed E-state index contributed by atoms with van der Waals surface area (Å²) in [5.41, 5.74) is 2.38. The smallest absolute Gasteiger partial charge is 0.254 e. The summed E-state index contributed by atoms with van der Waals surface area (Å²) in [4.78, 5) is 25.0. The van der Waals surface area contributed by atoms with E-state index in [-0.39, 0.29) is 5.91 Å². The molecule has 2 aromatic rings. The maximum atomic E-state index is 13.4. The second-order valence-corrected chi connectivity index (χ2v) is 8.06. The lowest BCUT2D eigenvalue weighted by Crippen LogP contribution is -2.52. The highest BCUT2D eigenvalue weighted by Crippen LogP contribution is 2.23. The standard InChI is InChI=1S/C20H30N6O/c1-15-12-17(18-13-21-24(3)19(18)22-15)20(27)26-7-5-4-6-16(14-26)25-10-8-23(2)9-11-25/h12-13,16H,4-11,14H2,1-3H3. The minimum atomic E-state index is 0.125.